The van der Waals surface area contributed by atoms with Crippen LogP contribution in [0.25, 0.3) is 0 Å². The summed E-state index contributed by atoms with van der Waals surface area (Å²) in [6, 6.07) is 14.7. The first kappa shape index (κ1) is 40.1. The summed E-state index contributed by atoms with van der Waals surface area (Å²) in [4.78, 5) is 60.6. The molecule has 0 aliphatic heterocycles. The SMILES string of the molecule is C=CC(=C)OCCCCOC(=O)Oc1ccc(C(=O)Oc2ccc(OC(=O)c3ccc(OC(=O)OCCCCOC(=O)C=C)c(C)c3)cc2)cc1C. The number of allylic oxidation sites excluding steroid dienone is 1. The fourth-order valence-corrected chi connectivity index (χ4v) is 4.14. The topological polar surface area (TPSA) is 159 Å². The molecule has 52 heavy (non-hydrogen) atoms. The zero-order valence-corrected chi connectivity index (χ0v) is 29.0. The number of hydrogen-bond acceptors (Lipinski definition) is 13. The van der Waals surface area contributed by atoms with Crippen molar-refractivity contribution in [3.63, 3.8) is 0 Å². The molecule has 0 N–H and O–H groups in total. The summed E-state index contributed by atoms with van der Waals surface area (Å²) in [5.74, 6) is -0.541. The first-order chi connectivity index (χ1) is 25.0. The summed E-state index contributed by atoms with van der Waals surface area (Å²) >= 11 is 0. The average Bonchev–Trinajstić information content (AvgIpc) is 3.13. The molecule has 0 spiro atoms. The minimum atomic E-state index is -0.915. The summed E-state index contributed by atoms with van der Waals surface area (Å²) in [7, 11) is 0. The Labute approximate surface area is 301 Å². The molecule has 3 aromatic rings. The lowest BCUT2D eigenvalue weighted by Gasteiger charge is -2.11. The van der Waals surface area contributed by atoms with E-state index in [1.807, 2.05) is 0 Å². The van der Waals surface area contributed by atoms with Gasteiger partial charge in [-0.25, -0.2) is 24.0 Å². The van der Waals surface area contributed by atoms with Crippen molar-refractivity contribution in [3.05, 3.63) is 121 Å². The van der Waals surface area contributed by atoms with E-state index in [0.29, 0.717) is 49.2 Å². The lowest BCUT2D eigenvalue weighted by molar-refractivity contribution is -0.137. The molecule has 0 amide bonds. The fraction of sp³-hybridized carbons (Fsp3) is 0.256. The van der Waals surface area contributed by atoms with Crippen LogP contribution in [0.2, 0.25) is 0 Å². The van der Waals surface area contributed by atoms with Gasteiger partial charge >= 0.3 is 30.2 Å². The molecule has 0 unspecified atom stereocenters. The van der Waals surface area contributed by atoms with Gasteiger partial charge in [0.15, 0.2) is 0 Å². The molecule has 13 heteroatoms. The Morgan fingerprint density at radius 1 is 0.538 bits per heavy atom. The van der Waals surface area contributed by atoms with Crippen molar-refractivity contribution in [1.29, 1.82) is 0 Å². The van der Waals surface area contributed by atoms with E-state index >= 15 is 0 Å². The Morgan fingerprint density at radius 2 is 0.942 bits per heavy atom. The van der Waals surface area contributed by atoms with E-state index in [1.54, 1.807) is 13.8 Å². The Morgan fingerprint density at radius 3 is 1.33 bits per heavy atom. The predicted octanol–water partition coefficient (Wildman–Crippen LogP) is 7.78. The number of carbonyl (C=O) groups excluding carboxylic acids is 5. The van der Waals surface area contributed by atoms with Crippen LogP contribution in [-0.4, -0.2) is 56.6 Å². The third kappa shape index (κ3) is 13.9. The lowest BCUT2D eigenvalue weighted by Crippen LogP contribution is -2.14. The molecule has 0 aliphatic carbocycles. The van der Waals surface area contributed by atoms with Gasteiger partial charge in [-0.1, -0.05) is 19.7 Å². The van der Waals surface area contributed by atoms with Crippen molar-refractivity contribution in [2.75, 3.05) is 26.4 Å². The van der Waals surface area contributed by atoms with Crippen molar-refractivity contribution in [1.82, 2.24) is 0 Å². The van der Waals surface area contributed by atoms with E-state index in [2.05, 4.69) is 19.7 Å². The van der Waals surface area contributed by atoms with Crippen molar-refractivity contribution in [3.8, 4) is 23.0 Å². The van der Waals surface area contributed by atoms with Gasteiger partial charge in [0.05, 0.1) is 37.6 Å². The van der Waals surface area contributed by atoms with Gasteiger partial charge < -0.3 is 37.9 Å². The van der Waals surface area contributed by atoms with Crippen LogP contribution >= 0.6 is 0 Å². The van der Waals surface area contributed by atoms with Crippen LogP contribution in [0, 0.1) is 13.8 Å². The van der Waals surface area contributed by atoms with E-state index in [-0.39, 0.29) is 53.9 Å². The van der Waals surface area contributed by atoms with Crippen LogP contribution in [0.4, 0.5) is 9.59 Å². The highest BCUT2D eigenvalue weighted by Crippen LogP contribution is 2.24. The Hall–Kier alpha value is -6.37. The van der Waals surface area contributed by atoms with Crippen LogP contribution in [0.1, 0.15) is 57.5 Å². The zero-order chi connectivity index (χ0) is 37.9. The number of hydrogen-bond donors (Lipinski definition) is 0. The molecule has 0 radical (unpaired) electrons. The first-order valence-corrected chi connectivity index (χ1v) is 16.2. The summed E-state index contributed by atoms with van der Waals surface area (Å²) < 4.78 is 41.6. The maximum Gasteiger partial charge on any atom is 0.513 e. The molecule has 0 fully saturated rings. The molecule has 0 aromatic heterocycles. The number of ether oxygens (including phenoxy) is 8. The molecule has 13 nitrogen and oxygen atoms in total. The molecular formula is C39H40O13. The summed E-state index contributed by atoms with van der Waals surface area (Å²) in [6.45, 7) is 14.6. The van der Waals surface area contributed by atoms with Crippen molar-refractivity contribution in [2.45, 2.75) is 39.5 Å². The normalized spacial score (nSPS) is 10.2. The average molecular weight is 717 g/mol. The highest BCUT2D eigenvalue weighted by molar-refractivity contribution is 5.92. The molecule has 274 valence electrons. The highest BCUT2D eigenvalue weighted by Gasteiger charge is 2.16. The largest absolute Gasteiger partial charge is 0.513 e. The number of benzene rings is 3. The quantitative estimate of drug-likeness (QED) is 0.0173. The molecular weight excluding hydrogens is 676 g/mol. The Kier molecular flexibility index (Phi) is 16.2. The summed E-state index contributed by atoms with van der Waals surface area (Å²) in [5, 5.41) is 0. The van der Waals surface area contributed by atoms with Gasteiger partial charge in [-0.05, 0) is 117 Å². The van der Waals surface area contributed by atoms with Gasteiger partial charge in [0.25, 0.3) is 0 Å². The smallest absolute Gasteiger partial charge is 0.494 e. The highest BCUT2D eigenvalue weighted by atomic mass is 16.7. The van der Waals surface area contributed by atoms with E-state index in [4.69, 9.17) is 37.9 Å². The zero-order valence-electron chi connectivity index (χ0n) is 29.0. The van der Waals surface area contributed by atoms with E-state index in [9.17, 15) is 24.0 Å². The molecule has 0 saturated carbocycles. The number of rotatable bonds is 19. The van der Waals surface area contributed by atoms with Gasteiger partial charge in [0, 0.05) is 6.08 Å². The lowest BCUT2D eigenvalue weighted by atomic mass is 10.1. The maximum absolute atomic E-state index is 12.8. The van der Waals surface area contributed by atoms with Crippen LogP contribution in [-0.2, 0) is 23.7 Å². The number of carbonyl (C=O) groups is 5. The third-order valence-corrected chi connectivity index (χ3v) is 6.90. The Bertz CT molecular complexity index is 1630. The van der Waals surface area contributed by atoms with Crippen molar-refractivity contribution < 1.29 is 61.9 Å². The Balaban J connectivity index is 1.42. The third-order valence-electron chi connectivity index (χ3n) is 6.90. The van der Waals surface area contributed by atoms with Crippen molar-refractivity contribution >= 4 is 30.2 Å². The predicted molar refractivity (Wildman–Crippen MR) is 188 cm³/mol. The number of esters is 3. The molecule has 0 heterocycles. The molecule has 0 bridgehead atoms. The van der Waals surface area contributed by atoms with E-state index < -0.39 is 30.2 Å². The molecule has 0 atom stereocenters. The minimum absolute atomic E-state index is 0.0703. The second-order valence-corrected chi connectivity index (χ2v) is 10.9. The number of aryl methyl sites for hydroxylation is 2. The fourth-order valence-electron chi connectivity index (χ4n) is 4.14. The van der Waals surface area contributed by atoms with Gasteiger partial charge in [-0.3, -0.25) is 0 Å². The molecule has 0 saturated heterocycles. The van der Waals surface area contributed by atoms with Crippen LogP contribution in [0.15, 0.2) is 98.3 Å². The molecule has 0 aliphatic rings. The monoisotopic (exact) mass is 716 g/mol. The van der Waals surface area contributed by atoms with Crippen LogP contribution < -0.4 is 18.9 Å². The first-order valence-electron chi connectivity index (χ1n) is 16.2. The van der Waals surface area contributed by atoms with Gasteiger partial charge in [0.1, 0.15) is 28.8 Å². The molecule has 3 aromatic carbocycles. The number of unbranched alkanes of at least 4 members (excludes halogenated alkanes) is 2. The minimum Gasteiger partial charge on any atom is -0.494 e. The second-order valence-electron chi connectivity index (χ2n) is 10.9. The summed E-state index contributed by atoms with van der Waals surface area (Å²) in [6.07, 6.45) is 2.97. The van der Waals surface area contributed by atoms with Crippen LogP contribution in [0.3, 0.4) is 0 Å². The van der Waals surface area contributed by atoms with Crippen LogP contribution in [0.5, 0.6) is 23.0 Å². The summed E-state index contributed by atoms with van der Waals surface area (Å²) in [5.41, 5.74) is 1.42. The maximum atomic E-state index is 12.8. The van der Waals surface area contributed by atoms with Gasteiger partial charge in [-0.2, -0.15) is 0 Å². The van der Waals surface area contributed by atoms with E-state index in [1.165, 1.54) is 66.7 Å². The second kappa shape index (κ2) is 21.0. The standard InChI is InChI=1S/C39H40O13/c1-6-28(5)45-20-8-10-22-47-38(43)51-33-18-12-29(24-26(33)3)36(41)49-31-14-16-32(17-15-31)50-37(42)30-13-19-34(27(4)25-30)52-39(44)48-23-11-9-21-46-35(40)7-2/h6-7,12-19,24-25H,1-2,5,8-11,20-23H2,3-4H3. The van der Waals surface area contributed by atoms with Gasteiger partial charge in [-0.15, -0.1) is 0 Å². The van der Waals surface area contributed by atoms with Gasteiger partial charge in [0.2, 0.25) is 0 Å². The van der Waals surface area contributed by atoms with E-state index in [0.717, 1.165) is 6.08 Å². The van der Waals surface area contributed by atoms with Crippen molar-refractivity contribution in [2.24, 2.45) is 0 Å². The molecule has 3 rings (SSSR count).